The average molecular weight is 341 g/mol. The summed E-state index contributed by atoms with van der Waals surface area (Å²) in [7, 11) is 0. The van der Waals surface area contributed by atoms with Gasteiger partial charge in [0, 0.05) is 0 Å². The third kappa shape index (κ3) is 3.74. The Bertz CT molecular complexity index is 601. The number of aliphatic hydroxyl groups is 1. The molecule has 0 radical (unpaired) electrons. The predicted molar refractivity (Wildman–Crippen MR) is 76.0 cm³/mol. The van der Waals surface area contributed by atoms with Crippen LogP contribution in [0.25, 0.3) is 0 Å². The Labute approximate surface area is 119 Å². The van der Waals surface area contributed by atoms with E-state index in [4.69, 9.17) is 11.6 Å². The normalized spacial score (nSPS) is 15.7. The van der Waals surface area contributed by atoms with E-state index in [9.17, 15) is 12.9 Å². The third-order valence-corrected chi connectivity index (χ3v) is 7.09. The molecule has 2 aromatic carbocycles. The molecule has 100 valence electrons. The molecular weight excluding hydrogens is 327 g/mol. The van der Waals surface area contributed by atoms with E-state index in [0.29, 0.717) is 14.9 Å². The Balaban J connectivity index is 2.20. The number of benzene rings is 2. The molecule has 0 aliphatic carbocycles. The van der Waals surface area contributed by atoms with Gasteiger partial charge in [0.05, 0.1) is 0 Å². The van der Waals surface area contributed by atoms with Crippen molar-refractivity contribution in [2.45, 2.75) is 11.3 Å². The van der Waals surface area contributed by atoms with E-state index < -0.39 is 19.9 Å². The molecule has 19 heavy (non-hydrogen) atoms. The summed E-state index contributed by atoms with van der Waals surface area (Å²) >= 11 is 1.51. The minimum absolute atomic E-state index is 0.164. The molecule has 2 unspecified atom stereocenters. The van der Waals surface area contributed by atoms with E-state index in [1.165, 1.54) is 6.07 Å². The molecule has 2 rings (SSSR count). The van der Waals surface area contributed by atoms with E-state index in [0.717, 1.165) is 0 Å². The van der Waals surface area contributed by atoms with Gasteiger partial charge in [-0.05, 0) is 0 Å². The van der Waals surface area contributed by atoms with Crippen LogP contribution >= 0.6 is 11.6 Å². The molecule has 0 aliphatic heterocycles. The molecule has 2 aromatic rings. The van der Waals surface area contributed by atoms with Gasteiger partial charge in [-0.25, -0.2) is 0 Å². The first-order valence-electron chi connectivity index (χ1n) is 5.80. The fourth-order valence-electron chi connectivity index (χ4n) is 1.81. The summed E-state index contributed by atoms with van der Waals surface area (Å²) in [5, 5.41) is 10.3. The fourth-order valence-corrected chi connectivity index (χ4v) is 5.42. The molecule has 5 heteroatoms. The standard InChI is InChI=1S/C14H14AsClO3/c16-13-8-4-7-12(9-13)15(18,19)10-14(17)11-5-2-1-3-6-11/h1-9,14,17H,10H2,(H,18,19). The summed E-state index contributed by atoms with van der Waals surface area (Å²) in [5.41, 5.74) is 0.639. The van der Waals surface area contributed by atoms with Crippen molar-refractivity contribution in [2.24, 2.45) is 0 Å². The van der Waals surface area contributed by atoms with Crippen LogP contribution < -0.4 is 4.35 Å². The first-order chi connectivity index (χ1) is 8.99. The van der Waals surface area contributed by atoms with Crippen LogP contribution in [0.1, 0.15) is 11.7 Å². The number of hydrogen-bond acceptors (Lipinski definition) is 2. The number of halogens is 1. The van der Waals surface area contributed by atoms with Crippen molar-refractivity contribution in [1.82, 2.24) is 0 Å². The van der Waals surface area contributed by atoms with Crippen LogP contribution in [0.2, 0.25) is 10.2 Å². The van der Waals surface area contributed by atoms with Gasteiger partial charge < -0.3 is 0 Å². The maximum atomic E-state index is 12.3. The van der Waals surface area contributed by atoms with Crippen molar-refractivity contribution in [1.29, 1.82) is 0 Å². The van der Waals surface area contributed by atoms with E-state index in [1.807, 2.05) is 6.07 Å². The van der Waals surface area contributed by atoms with Gasteiger partial charge in [0.25, 0.3) is 0 Å². The molecule has 0 spiro atoms. The molecule has 3 nitrogen and oxygen atoms in total. The van der Waals surface area contributed by atoms with Crippen molar-refractivity contribution in [2.75, 3.05) is 0 Å². The molecule has 0 amide bonds. The molecule has 0 aromatic heterocycles. The first kappa shape index (κ1) is 14.4. The van der Waals surface area contributed by atoms with E-state index in [-0.39, 0.29) is 5.21 Å². The van der Waals surface area contributed by atoms with Gasteiger partial charge in [-0.2, -0.15) is 0 Å². The first-order valence-corrected chi connectivity index (χ1v) is 10.0. The van der Waals surface area contributed by atoms with Crippen molar-refractivity contribution in [3.63, 3.8) is 0 Å². The van der Waals surface area contributed by atoms with Gasteiger partial charge in [0.1, 0.15) is 0 Å². The Morgan fingerprint density at radius 2 is 1.79 bits per heavy atom. The summed E-state index contributed by atoms with van der Waals surface area (Å²) < 4.78 is 22.8. The van der Waals surface area contributed by atoms with Gasteiger partial charge in [-0.1, -0.05) is 0 Å². The maximum absolute atomic E-state index is 12.3. The van der Waals surface area contributed by atoms with Crippen molar-refractivity contribution >= 4 is 29.8 Å². The molecule has 0 aliphatic rings. The molecule has 2 atom stereocenters. The molecular formula is C14H14AsClO3. The predicted octanol–water partition coefficient (Wildman–Crippen LogP) is 2.15. The van der Waals surface area contributed by atoms with Crippen LogP contribution in [-0.4, -0.2) is 23.0 Å². The van der Waals surface area contributed by atoms with Crippen LogP contribution in [-0.2, 0) is 3.74 Å². The van der Waals surface area contributed by atoms with Gasteiger partial charge >= 0.3 is 119 Å². The summed E-state index contributed by atoms with van der Waals surface area (Å²) in [6, 6.07) is 15.2. The summed E-state index contributed by atoms with van der Waals surface area (Å²) in [4.78, 5) is 0. The van der Waals surface area contributed by atoms with Crippen molar-refractivity contribution in [3.05, 3.63) is 65.2 Å². The second-order valence-corrected chi connectivity index (χ2v) is 9.52. The molecule has 2 N–H and O–H groups in total. The Hall–Kier alpha value is -0.992. The van der Waals surface area contributed by atoms with Gasteiger partial charge in [0.2, 0.25) is 0 Å². The Morgan fingerprint density at radius 1 is 1.11 bits per heavy atom. The summed E-state index contributed by atoms with van der Waals surface area (Å²) in [6.45, 7) is 0. The van der Waals surface area contributed by atoms with E-state index in [2.05, 4.69) is 0 Å². The molecule has 0 saturated heterocycles. The number of rotatable bonds is 4. The third-order valence-electron chi connectivity index (χ3n) is 2.82. The topological polar surface area (TPSA) is 57.5 Å². The van der Waals surface area contributed by atoms with Crippen molar-refractivity contribution in [3.8, 4) is 0 Å². The van der Waals surface area contributed by atoms with E-state index in [1.54, 1.807) is 42.5 Å². The van der Waals surface area contributed by atoms with Crippen LogP contribution in [0.4, 0.5) is 0 Å². The molecule has 0 bridgehead atoms. The zero-order valence-electron chi connectivity index (χ0n) is 10.1. The fraction of sp³-hybridized carbons (Fsp3) is 0.143. The zero-order chi connectivity index (χ0) is 13.9. The monoisotopic (exact) mass is 340 g/mol. The average Bonchev–Trinajstić information content (AvgIpc) is 2.39. The van der Waals surface area contributed by atoms with Crippen LogP contribution in [0.15, 0.2) is 54.6 Å². The SMILES string of the molecule is O=[As](O)(CC(O)c1ccccc1)c1cccc(Cl)c1. The Morgan fingerprint density at radius 3 is 2.42 bits per heavy atom. The second kappa shape index (κ2) is 5.98. The minimum atomic E-state index is -4.31. The number of aliphatic hydroxyl groups excluding tert-OH is 1. The summed E-state index contributed by atoms with van der Waals surface area (Å²) in [5.74, 6) is 0. The van der Waals surface area contributed by atoms with Crippen LogP contribution in [0.5, 0.6) is 0 Å². The van der Waals surface area contributed by atoms with Gasteiger partial charge in [-0.15, -0.1) is 0 Å². The van der Waals surface area contributed by atoms with Crippen LogP contribution in [0, 0.1) is 0 Å². The summed E-state index contributed by atoms with van der Waals surface area (Å²) in [6.07, 6.45) is -0.949. The van der Waals surface area contributed by atoms with Gasteiger partial charge in [-0.3, -0.25) is 0 Å². The quantitative estimate of drug-likeness (QED) is 0.839. The van der Waals surface area contributed by atoms with Gasteiger partial charge in [0.15, 0.2) is 0 Å². The second-order valence-electron chi connectivity index (χ2n) is 4.29. The molecule has 0 heterocycles. The van der Waals surface area contributed by atoms with Crippen LogP contribution in [0.3, 0.4) is 0 Å². The number of hydrogen-bond donors (Lipinski definition) is 2. The Kier molecular flexibility index (Phi) is 4.53. The zero-order valence-corrected chi connectivity index (χ0v) is 12.7. The van der Waals surface area contributed by atoms with Crippen molar-refractivity contribution < 1.29 is 12.9 Å². The molecule has 0 saturated carbocycles. The molecule has 0 fully saturated rings. The van der Waals surface area contributed by atoms with E-state index >= 15 is 0 Å².